The minimum atomic E-state index is -0.628. The third kappa shape index (κ3) is 4.54. The second-order valence-corrected chi connectivity index (χ2v) is 8.96. The predicted molar refractivity (Wildman–Crippen MR) is 122 cm³/mol. The van der Waals surface area contributed by atoms with E-state index in [0.29, 0.717) is 23.6 Å². The van der Waals surface area contributed by atoms with Gasteiger partial charge in [0.05, 0.1) is 6.42 Å². The average molecular weight is 452 g/mol. The van der Waals surface area contributed by atoms with E-state index in [0.717, 1.165) is 24.1 Å². The second kappa shape index (κ2) is 8.82. The number of nitrogens with two attached hydrogens (primary N) is 2. The number of primary amides is 1. The van der Waals surface area contributed by atoms with Crippen molar-refractivity contribution >= 4 is 17.5 Å². The summed E-state index contributed by atoms with van der Waals surface area (Å²) in [6, 6.07) is 9.09. The van der Waals surface area contributed by atoms with Gasteiger partial charge < -0.3 is 20.7 Å². The Balaban J connectivity index is 1.45. The standard InChI is InChI=1S/C24H29N5O4/c1-14(2)29-22(25)20(23(26)31)21(27-29)16-7-5-15(6-8-16)11-17(30)12-18-13-19(28-33-18)24(3)9-4-10-32-24/h5-8,13-14H,4,9-12,25H2,1-3H3,(H2,26,31). The summed E-state index contributed by atoms with van der Waals surface area (Å²) in [6.07, 6.45) is 2.28. The minimum Gasteiger partial charge on any atom is -0.383 e. The summed E-state index contributed by atoms with van der Waals surface area (Å²) in [5, 5.41) is 8.59. The fourth-order valence-electron chi connectivity index (χ4n) is 4.18. The number of nitrogens with zero attached hydrogens (tertiary/aromatic N) is 3. The molecule has 0 saturated carbocycles. The Morgan fingerprint density at radius 3 is 2.55 bits per heavy atom. The lowest BCUT2D eigenvalue weighted by atomic mass is 9.98. The molecule has 1 fully saturated rings. The Labute approximate surface area is 192 Å². The van der Waals surface area contributed by atoms with Crippen LogP contribution in [0.3, 0.4) is 0 Å². The first-order valence-corrected chi connectivity index (χ1v) is 11.1. The summed E-state index contributed by atoms with van der Waals surface area (Å²) in [7, 11) is 0. The van der Waals surface area contributed by atoms with Crippen LogP contribution in [0.15, 0.2) is 34.9 Å². The van der Waals surface area contributed by atoms with E-state index in [1.165, 1.54) is 0 Å². The molecule has 3 heterocycles. The van der Waals surface area contributed by atoms with Gasteiger partial charge in [0, 0.05) is 30.7 Å². The number of ketones is 1. The van der Waals surface area contributed by atoms with Crippen LogP contribution in [0.1, 0.15) is 67.0 Å². The van der Waals surface area contributed by atoms with E-state index < -0.39 is 11.5 Å². The quantitative estimate of drug-likeness (QED) is 0.536. The van der Waals surface area contributed by atoms with Gasteiger partial charge in [-0.2, -0.15) is 5.10 Å². The molecule has 4 N–H and O–H groups in total. The normalized spacial score (nSPS) is 18.2. The number of rotatable bonds is 8. The number of carbonyl (C=O) groups is 2. The van der Waals surface area contributed by atoms with Crippen LogP contribution in [0.4, 0.5) is 5.82 Å². The molecular formula is C24H29N5O4. The van der Waals surface area contributed by atoms with E-state index in [1.54, 1.807) is 4.68 Å². The Bertz CT molecular complexity index is 1170. The summed E-state index contributed by atoms with van der Waals surface area (Å²) < 4.78 is 12.7. The lowest BCUT2D eigenvalue weighted by molar-refractivity contribution is -0.118. The van der Waals surface area contributed by atoms with Gasteiger partial charge in [0.1, 0.15) is 39.9 Å². The highest BCUT2D eigenvalue weighted by atomic mass is 16.5. The number of carbonyl (C=O) groups excluding carboxylic acids is 2. The molecule has 1 aliphatic heterocycles. The van der Waals surface area contributed by atoms with Crippen LogP contribution >= 0.6 is 0 Å². The molecule has 0 radical (unpaired) electrons. The Hall–Kier alpha value is -3.46. The molecule has 0 bridgehead atoms. The minimum absolute atomic E-state index is 0.00842. The van der Waals surface area contributed by atoms with Crippen molar-refractivity contribution in [3.8, 4) is 11.3 Å². The Morgan fingerprint density at radius 1 is 1.21 bits per heavy atom. The largest absolute Gasteiger partial charge is 0.383 e. The Morgan fingerprint density at radius 2 is 1.94 bits per heavy atom. The van der Waals surface area contributed by atoms with Gasteiger partial charge in [-0.3, -0.25) is 9.59 Å². The van der Waals surface area contributed by atoms with Crippen LogP contribution in [-0.2, 0) is 28.0 Å². The van der Waals surface area contributed by atoms with Crippen molar-refractivity contribution in [1.29, 1.82) is 0 Å². The fraction of sp³-hybridized carbons (Fsp3) is 0.417. The maximum absolute atomic E-state index is 12.6. The zero-order chi connectivity index (χ0) is 23.8. The predicted octanol–water partition coefficient (Wildman–Crippen LogP) is 3.18. The fourth-order valence-corrected chi connectivity index (χ4v) is 4.18. The molecule has 4 rings (SSSR count). The van der Waals surface area contributed by atoms with Crippen LogP contribution in [-0.4, -0.2) is 33.2 Å². The molecule has 3 aromatic rings. The molecule has 1 aromatic carbocycles. The highest BCUT2D eigenvalue weighted by Crippen LogP contribution is 2.35. The van der Waals surface area contributed by atoms with Crippen molar-refractivity contribution in [3.05, 3.63) is 52.9 Å². The molecule has 1 saturated heterocycles. The number of hydrogen-bond acceptors (Lipinski definition) is 7. The zero-order valence-corrected chi connectivity index (χ0v) is 19.1. The molecule has 2 aromatic heterocycles. The smallest absolute Gasteiger partial charge is 0.254 e. The second-order valence-electron chi connectivity index (χ2n) is 8.96. The molecule has 33 heavy (non-hydrogen) atoms. The van der Waals surface area contributed by atoms with Gasteiger partial charge in [0.15, 0.2) is 0 Å². The van der Waals surface area contributed by atoms with Gasteiger partial charge in [-0.05, 0) is 39.2 Å². The molecule has 0 spiro atoms. The van der Waals surface area contributed by atoms with Gasteiger partial charge in [-0.15, -0.1) is 0 Å². The van der Waals surface area contributed by atoms with Crippen molar-refractivity contribution in [2.45, 2.75) is 58.1 Å². The molecule has 1 unspecified atom stereocenters. The van der Waals surface area contributed by atoms with Gasteiger partial charge >= 0.3 is 0 Å². The summed E-state index contributed by atoms with van der Waals surface area (Å²) in [4.78, 5) is 24.6. The molecule has 1 aliphatic rings. The van der Waals surface area contributed by atoms with E-state index in [-0.39, 0.29) is 36.0 Å². The molecule has 174 valence electrons. The van der Waals surface area contributed by atoms with Crippen LogP contribution in [0.5, 0.6) is 0 Å². The number of Topliss-reactive ketones (excluding diaryl/α,β-unsaturated/α-hetero) is 1. The first-order valence-electron chi connectivity index (χ1n) is 11.1. The lowest BCUT2D eigenvalue weighted by Crippen LogP contribution is -2.20. The third-order valence-corrected chi connectivity index (χ3v) is 6.00. The Kier molecular flexibility index (Phi) is 6.07. The van der Waals surface area contributed by atoms with E-state index >= 15 is 0 Å². The lowest BCUT2D eigenvalue weighted by Gasteiger charge is -2.19. The molecule has 1 amide bonds. The van der Waals surface area contributed by atoms with Gasteiger partial charge in [-0.1, -0.05) is 29.4 Å². The van der Waals surface area contributed by atoms with Crippen molar-refractivity contribution in [3.63, 3.8) is 0 Å². The average Bonchev–Trinajstić information content (AvgIpc) is 3.48. The topological polar surface area (TPSA) is 139 Å². The molecule has 1 atom stereocenters. The summed E-state index contributed by atoms with van der Waals surface area (Å²) >= 11 is 0. The summed E-state index contributed by atoms with van der Waals surface area (Å²) in [5.74, 6) is 0.158. The number of anilines is 1. The molecule has 9 nitrogen and oxygen atoms in total. The summed E-state index contributed by atoms with van der Waals surface area (Å²) in [6.45, 7) is 6.54. The first kappa shape index (κ1) is 22.7. The number of amides is 1. The van der Waals surface area contributed by atoms with Crippen molar-refractivity contribution < 1.29 is 18.8 Å². The first-order chi connectivity index (χ1) is 15.7. The number of ether oxygens (including phenoxy) is 1. The van der Waals surface area contributed by atoms with Crippen molar-refractivity contribution in [1.82, 2.24) is 14.9 Å². The molecular weight excluding hydrogens is 422 g/mol. The SMILES string of the molecule is CC(C)n1nc(-c2ccc(CC(=O)Cc3cc(C4(C)CCCO4)no3)cc2)c(C(N)=O)c1N. The van der Waals surface area contributed by atoms with Crippen LogP contribution in [0.2, 0.25) is 0 Å². The number of benzene rings is 1. The molecule has 0 aliphatic carbocycles. The van der Waals surface area contributed by atoms with Gasteiger partial charge in [0.2, 0.25) is 0 Å². The summed E-state index contributed by atoms with van der Waals surface area (Å²) in [5.41, 5.74) is 14.1. The van der Waals surface area contributed by atoms with E-state index in [2.05, 4.69) is 10.3 Å². The monoisotopic (exact) mass is 451 g/mol. The van der Waals surface area contributed by atoms with Gasteiger partial charge in [0.25, 0.3) is 5.91 Å². The number of aromatic nitrogens is 3. The van der Waals surface area contributed by atoms with E-state index in [1.807, 2.05) is 51.1 Å². The van der Waals surface area contributed by atoms with Crippen molar-refractivity contribution in [2.24, 2.45) is 5.73 Å². The number of nitrogen functional groups attached to an aromatic ring is 1. The zero-order valence-electron chi connectivity index (χ0n) is 19.1. The maximum atomic E-state index is 12.6. The van der Waals surface area contributed by atoms with Crippen molar-refractivity contribution in [2.75, 3.05) is 12.3 Å². The molecule has 9 heteroatoms. The number of hydrogen-bond donors (Lipinski definition) is 2. The highest BCUT2D eigenvalue weighted by molar-refractivity contribution is 6.03. The third-order valence-electron chi connectivity index (χ3n) is 6.00. The van der Waals surface area contributed by atoms with Crippen LogP contribution in [0, 0.1) is 0 Å². The van der Waals surface area contributed by atoms with Gasteiger partial charge in [-0.25, -0.2) is 4.68 Å². The van der Waals surface area contributed by atoms with E-state index in [9.17, 15) is 9.59 Å². The highest BCUT2D eigenvalue weighted by Gasteiger charge is 2.35. The van der Waals surface area contributed by atoms with Crippen LogP contribution in [0.25, 0.3) is 11.3 Å². The van der Waals surface area contributed by atoms with E-state index in [4.69, 9.17) is 20.7 Å². The maximum Gasteiger partial charge on any atom is 0.254 e. The van der Waals surface area contributed by atoms with Crippen LogP contribution < -0.4 is 11.5 Å².